The number of sulfonamides is 2. The fraction of sp³-hybridized carbons (Fsp3) is 0.0556. The van der Waals surface area contributed by atoms with Gasteiger partial charge in [-0.05, 0) is 30.3 Å². The van der Waals surface area contributed by atoms with E-state index in [2.05, 4.69) is 14.5 Å². The minimum Gasteiger partial charge on any atom is -0.443 e. The van der Waals surface area contributed by atoms with E-state index in [-0.39, 0.29) is 26.5 Å². The van der Waals surface area contributed by atoms with Gasteiger partial charge in [0.05, 0.1) is 17.6 Å². The van der Waals surface area contributed by atoms with Gasteiger partial charge in [-0.2, -0.15) is 21.9 Å². The summed E-state index contributed by atoms with van der Waals surface area (Å²) in [5.74, 6) is 0. The Morgan fingerprint density at radius 2 is 1.67 bits per heavy atom. The molecule has 2 heterocycles. The summed E-state index contributed by atoms with van der Waals surface area (Å²) in [5, 5.41) is 4.25. The molecule has 4 rings (SSSR count). The van der Waals surface area contributed by atoms with Gasteiger partial charge in [-0.1, -0.05) is 29.8 Å². The second kappa shape index (κ2) is 7.35. The maximum atomic E-state index is 12.8. The first-order chi connectivity index (χ1) is 14.2. The zero-order valence-corrected chi connectivity index (χ0v) is 17.8. The summed E-state index contributed by atoms with van der Waals surface area (Å²) in [7, 11) is -6.71. The Kier molecular flexibility index (Phi) is 4.96. The molecule has 0 saturated carbocycles. The Morgan fingerprint density at radius 3 is 2.37 bits per heavy atom. The van der Waals surface area contributed by atoms with E-state index in [1.807, 2.05) is 0 Å². The van der Waals surface area contributed by atoms with Crippen molar-refractivity contribution in [3.8, 4) is 0 Å². The van der Waals surface area contributed by atoms with Crippen LogP contribution in [0.25, 0.3) is 11.0 Å². The average molecular weight is 467 g/mol. The number of hydrogen-bond donors (Lipinski definition) is 2. The Hall–Kier alpha value is -3.02. The van der Waals surface area contributed by atoms with E-state index in [1.54, 1.807) is 24.3 Å². The van der Waals surface area contributed by atoms with Gasteiger partial charge in [0.1, 0.15) is 5.58 Å². The molecule has 0 spiro atoms. The van der Waals surface area contributed by atoms with Gasteiger partial charge in [-0.3, -0.25) is 14.1 Å². The van der Waals surface area contributed by atoms with Crippen LogP contribution in [0.4, 0.5) is 11.4 Å². The monoisotopic (exact) mass is 466 g/mol. The normalized spacial score (nSPS) is 12.2. The van der Waals surface area contributed by atoms with Crippen molar-refractivity contribution in [2.45, 2.75) is 10.1 Å². The maximum absolute atomic E-state index is 12.8. The van der Waals surface area contributed by atoms with Crippen LogP contribution in [0.2, 0.25) is 5.02 Å². The number of halogens is 1. The van der Waals surface area contributed by atoms with Crippen molar-refractivity contribution >= 4 is 54.0 Å². The molecule has 0 radical (unpaired) electrons. The van der Waals surface area contributed by atoms with Crippen molar-refractivity contribution < 1.29 is 21.3 Å². The number of para-hydroxylation sites is 1. The van der Waals surface area contributed by atoms with Crippen LogP contribution in [0.5, 0.6) is 0 Å². The van der Waals surface area contributed by atoms with Crippen LogP contribution in [-0.4, -0.2) is 26.6 Å². The molecule has 2 N–H and O–H groups in total. The van der Waals surface area contributed by atoms with Crippen LogP contribution in [0.3, 0.4) is 0 Å². The summed E-state index contributed by atoms with van der Waals surface area (Å²) in [6, 6.07) is 13.6. The largest absolute Gasteiger partial charge is 0.443 e. The smallest absolute Gasteiger partial charge is 0.295 e. The number of benzene rings is 2. The molecule has 0 atom stereocenters. The summed E-state index contributed by atoms with van der Waals surface area (Å²) in [6.07, 6.45) is 1.33. The van der Waals surface area contributed by atoms with Crippen LogP contribution in [0.15, 0.2) is 75.3 Å². The van der Waals surface area contributed by atoms with Crippen molar-refractivity contribution in [1.29, 1.82) is 0 Å². The lowest BCUT2D eigenvalue weighted by Crippen LogP contribution is -2.19. The molecule has 156 valence electrons. The van der Waals surface area contributed by atoms with E-state index in [1.165, 1.54) is 48.3 Å². The topological polar surface area (TPSA) is 123 Å². The van der Waals surface area contributed by atoms with E-state index in [4.69, 9.17) is 16.0 Å². The molecule has 0 saturated heterocycles. The number of aryl methyl sites for hydroxylation is 1. The van der Waals surface area contributed by atoms with Gasteiger partial charge in [0.25, 0.3) is 20.0 Å². The molecule has 0 aliphatic carbocycles. The molecule has 0 bridgehead atoms. The predicted molar refractivity (Wildman–Crippen MR) is 112 cm³/mol. The summed E-state index contributed by atoms with van der Waals surface area (Å²) >= 11 is 6.00. The number of hydrogen-bond acceptors (Lipinski definition) is 6. The van der Waals surface area contributed by atoms with E-state index in [0.29, 0.717) is 11.0 Å². The van der Waals surface area contributed by atoms with Crippen molar-refractivity contribution in [2.75, 3.05) is 9.44 Å². The number of fused-ring (bicyclic) bond motifs is 1. The molecule has 2 aromatic heterocycles. The second-order valence-electron chi connectivity index (χ2n) is 6.30. The fourth-order valence-corrected chi connectivity index (χ4v) is 5.22. The molecule has 0 aliphatic rings. The minimum absolute atomic E-state index is 0.0136. The number of nitrogens with one attached hydrogen (secondary N) is 2. The molecule has 2 aromatic carbocycles. The quantitative estimate of drug-likeness (QED) is 0.448. The molecular weight excluding hydrogens is 452 g/mol. The Balaban J connectivity index is 1.71. The average Bonchev–Trinajstić information content (AvgIpc) is 3.30. The molecule has 0 aliphatic heterocycles. The van der Waals surface area contributed by atoms with Gasteiger partial charge >= 0.3 is 0 Å². The van der Waals surface area contributed by atoms with Crippen molar-refractivity contribution in [2.24, 2.45) is 7.05 Å². The molecule has 30 heavy (non-hydrogen) atoms. The molecule has 0 fully saturated rings. The summed E-state index contributed by atoms with van der Waals surface area (Å²) in [5.41, 5.74) is 0.329. The second-order valence-corrected chi connectivity index (χ2v) is 9.98. The Labute approximate surface area is 177 Å². The summed E-state index contributed by atoms with van der Waals surface area (Å²) in [6.45, 7) is 0. The third-order valence-corrected chi connectivity index (χ3v) is 7.08. The van der Waals surface area contributed by atoms with Gasteiger partial charge in [0.15, 0.2) is 5.03 Å². The molecule has 0 unspecified atom stereocenters. The van der Waals surface area contributed by atoms with Crippen LogP contribution in [0, 0.1) is 0 Å². The number of furan rings is 1. The highest BCUT2D eigenvalue weighted by molar-refractivity contribution is 7.93. The minimum atomic E-state index is -4.16. The Morgan fingerprint density at radius 1 is 0.933 bits per heavy atom. The SMILES string of the molecule is Cn1nccc1S(=O)(=O)Nc1ccc(Cl)cc1NS(=O)(=O)c1cc2ccccc2o1. The third kappa shape index (κ3) is 3.86. The van der Waals surface area contributed by atoms with Gasteiger partial charge in [0, 0.05) is 23.5 Å². The van der Waals surface area contributed by atoms with Gasteiger partial charge < -0.3 is 4.42 Å². The first-order valence-electron chi connectivity index (χ1n) is 8.47. The van der Waals surface area contributed by atoms with E-state index < -0.39 is 20.0 Å². The summed E-state index contributed by atoms with van der Waals surface area (Å²) in [4.78, 5) is 0. The number of aromatic nitrogens is 2. The van der Waals surface area contributed by atoms with E-state index in [0.717, 1.165) is 0 Å². The highest BCUT2D eigenvalue weighted by Gasteiger charge is 2.24. The zero-order valence-electron chi connectivity index (χ0n) is 15.4. The number of nitrogens with zero attached hydrogens (tertiary/aromatic N) is 2. The number of rotatable bonds is 6. The highest BCUT2D eigenvalue weighted by Crippen LogP contribution is 2.31. The lowest BCUT2D eigenvalue weighted by Gasteiger charge is -2.14. The lowest BCUT2D eigenvalue weighted by molar-refractivity contribution is 0.484. The van der Waals surface area contributed by atoms with E-state index in [9.17, 15) is 16.8 Å². The third-order valence-electron chi connectivity index (χ3n) is 4.19. The number of anilines is 2. The van der Waals surface area contributed by atoms with Crippen LogP contribution >= 0.6 is 11.6 Å². The summed E-state index contributed by atoms with van der Waals surface area (Å²) < 4.78 is 62.3. The Bertz CT molecular complexity index is 1430. The molecular formula is C18H15ClN4O5S2. The lowest BCUT2D eigenvalue weighted by atomic mass is 10.3. The molecule has 9 nitrogen and oxygen atoms in total. The molecule has 12 heteroatoms. The zero-order chi connectivity index (χ0) is 21.5. The van der Waals surface area contributed by atoms with Gasteiger partial charge in [-0.25, -0.2) is 0 Å². The van der Waals surface area contributed by atoms with Crippen molar-refractivity contribution in [3.05, 3.63) is 65.8 Å². The standard InChI is InChI=1S/C18H15ClN4O5S2/c1-23-17(8-9-20-23)29(24,25)21-14-7-6-13(19)11-15(14)22-30(26,27)18-10-12-4-2-3-5-16(12)28-18/h2-11,21-22H,1H3. The molecule has 4 aromatic rings. The van der Waals surface area contributed by atoms with Crippen molar-refractivity contribution in [3.63, 3.8) is 0 Å². The predicted octanol–water partition coefficient (Wildman–Crippen LogP) is 3.42. The van der Waals surface area contributed by atoms with Crippen LogP contribution < -0.4 is 9.44 Å². The van der Waals surface area contributed by atoms with Crippen LogP contribution in [-0.2, 0) is 27.1 Å². The molecule has 0 amide bonds. The highest BCUT2D eigenvalue weighted by atomic mass is 35.5. The van der Waals surface area contributed by atoms with Gasteiger partial charge in [0.2, 0.25) is 5.09 Å². The van der Waals surface area contributed by atoms with Gasteiger partial charge in [-0.15, -0.1) is 0 Å². The maximum Gasteiger partial charge on any atom is 0.295 e. The first-order valence-corrected chi connectivity index (χ1v) is 11.8. The van der Waals surface area contributed by atoms with Crippen molar-refractivity contribution in [1.82, 2.24) is 9.78 Å². The van der Waals surface area contributed by atoms with Crippen LogP contribution in [0.1, 0.15) is 0 Å². The fourth-order valence-electron chi connectivity index (χ4n) is 2.80. The first kappa shape index (κ1) is 20.3. The van der Waals surface area contributed by atoms with E-state index >= 15 is 0 Å².